The number of unbranched alkanes of at least 4 members (excludes halogenated alkanes) is 1. The fourth-order valence-electron chi connectivity index (χ4n) is 2.17. The molecule has 0 aliphatic carbocycles. The fourth-order valence-corrected chi connectivity index (χ4v) is 2.17. The number of hydrogen-bond acceptors (Lipinski definition) is 6. The second-order valence-electron chi connectivity index (χ2n) is 5.66. The number of hydrogen-bond donors (Lipinski definition) is 4. The van der Waals surface area contributed by atoms with Crippen LogP contribution in [-0.4, -0.2) is 47.2 Å². The summed E-state index contributed by atoms with van der Waals surface area (Å²) in [4.78, 5) is 34.9. The van der Waals surface area contributed by atoms with Gasteiger partial charge in [0.1, 0.15) is 6.04 Å². The second-order valence-corrected chi connectivity index (χ2v) is 5.66. The van der Waals surface area contributed by atoms with Crippen molar-refractivity contribution < 1.29 is 29.3 Å². The van der Waals surface area contributed by atoms with Gasteiger partial charge in [-0.25, -0.2) is 4.79 Å². The number of aromatic hydroxyl groups is 2. The zero-order valence-corrected chi connectivity index (χ0v) is 14.9. The first-order valence-corrected chi connectivity index (χ1v) is 8.38. The maximum atomic E-state index is 12.4. The molecule has 4 N–H and O–H groups in total. The smallest absolute Gasteiger partial charge is 0.330 e. The van der Waals surface area contributed by atoms with Gasteiger partial charge in [0, 0.05) is 19.0 Å². The Bertz CT molecular complexity index is 701. The monoisotopic (exact) mass is 376 g/mol. The minimum Gasteiger partial charge on any atom is -0.504 e. The number of phenols is 2. The molecule has 0 bridgehead atoms. The highest BCUT2D eigenvalue weighted by atomic mass is 16.5. The number of amides is 2. The summed E-state index contributed by atoms with van der Waals surface area (Å²) in [6, 6.07) is 3.30. The summed E-state index contributed by atoms with van der Waals surface area (Å²) in [5.74, 6) is -1.98. The molecular weight excluding hydrogens is 352 g/mol. The molecule has 146 valence electrons. The largest absolute Gasteiger partial charge is 0.504 e. The van der Waals surface area contributed by atoms with Crippen molar-refractivity contribution in [3.63, 3.8) is 0 Å². The van der Waals surface area contributed by atoms with E-state index in [0.717, 1.165) is 12.2 Å². The lowest BCUT2D eigenvalue weighted by atomic mass is 10.0. The van der Waals surface area contributed by atoms with Gasteiger partial charge in [-0.1, -0.05) is 19.2 Å². The molecule has 0 radical (unpaired) electrons. The predicted molar refractivity (Wildman–Crippen MR) is 99.0 cm³/mol. The predicted octanol–water partition coefficient (Wildman–Crippen LogP) is 0.937. The summed E-state index contributed by atoms with van der Waals surface area (Å²) < 4.78 is 4.83. The van der Waals surface area contributed by atoms with Crippen LogP contribution in [0.3, 0.4) is 0 Å². The van der Waals surface area contributed by atoms with Crippen molar-refractivity contribution in [1.29, 1.82) is 0 Å². The van der Waals surface area contributed by atoms with Gasteiger partial charge in [0.2, 0.25) is 11.8 Å². The van der Waals surface area contributed by atoms with Crippen LogP contribution < -0.4 is 10.6 Å². The minimum absolute atomic E-state index is 0.121. The molecule has 0 heterocycles. The van der Waals surface area contributed by atoms with Gasteiger partial charge in [-0.05, 0) is 36.6 Å². The number of esters is 1. The van der Waals surface area contributed by atoms with Crippen LogP contribution in [0.2, 0.25) is 0 Å². The minimum atomic E-state index is -0.877. The first kappa shape index (κ1) is 21.8. The van der Waals surface area contributed by atoms with Crippen molar-refractivity contribution in [1.82, 2.24) is 10.6 Å². The third-order valence-corrected chi connectivity index (χ3v) is 3.58. The molecule has 0 saturated heterocycles. The lowest BCUT2D eigenvalue weighted by Crippen LogP contribution is -2.47. The lowest BCUT2D eigenvalue weighted by Gasteiger charge is -2.18. The van der Waals surface area contributed by atoms with Gasteiger partial charge >= 0.3 is 5.97 Å². The zero-order chi connectivity index (χ0) is 20.2. The number of benzene rings is 1. The van der Waals surface area contributed by atoms with E-state index >= 15 is 0 Å². The summed E-state index contributed by atoms with van der Waals surface area (Å²) >= 11 is 0. The van der Waals surface area contributed by atoms with E-state index in [1.807, 2.05) is 0 Å². The van der Waals surface area contributed by atoms with Gasteiger partial charge in [-0.15, -0.1) is 0 Å². The van der Waals surface area contributed by atoms with Gasteiger partial charge in [0.05, 0.1) is 6.61 Å². The molecule has 0 aromatic heterocycles. The summed E-state index contributed by atoms with van der Waals surface area (Å²) in [6.07, 6.45) is 3.40. The molecule has 27 heavy (non-hydrogen) atoms. The summed E-state index contributed by atoms with van der Waals surface area (Å²) in [6.45, 7) is 7.21. The van der Waals surface area contributed by atoms with E-state index in [2.05, 4.69) is 23.8 Å². The highest BCUT2D eigenvalue weighted by molar-refractivity contribution is 5.92. The average molecular weight is 376 g/mol. The van der Waals surface area contributed by atoms with E-state index in [1.165, 1.54) is 12.1 Å². The lowest BCUT2D eigenvalue weighted by molar-refractivity contribution is -0.137. The van der Waals surface area contributed by atoms with Gasteiger partial charge in [-0.3, -0.25) is 9.59 Å². The van der Waals surface area contributed by atoms with Crippen LogP contribution in [0.4, 0.5) is 0 Å². The molecule has 0 fully saturated rings. The van der Waals surface area contributed by atoms with E-state index in [1.54, 1.807) is 6.07 Å². The Kier molecular flexibility index (Phi) is 9.14. The summed E-state index contributed by atoms with van der Waals surface area (Å²) in [7, 11) is 0. The van der Waals surface area contributed by atoms with Gasteiger partial charge in [0.15, 0.2) is 11.5 Å². The molecule has 0 aliphatic heterocycles. The standard InChI is InChI=1S/C19H24N2O6/c1-3-17(24)21-14(11-13-7-8-15(22)16(23)12-13)19(26)20-9-5-6-10-27-18(25)4-2/h3-4,7-8,12,14,22-23H,1-2,5-6,9-11H2,(H,20,26)(H,21,24). The zero-order valence-electron chi connectivity index (χ0n) is 14.9. The number of carbonyl (C=O) groups excluding carboxylic acids is 3. The Morgan fingerprint density at radius 2 is 1.85 bits per heavy atom. The SMILES string of the molecule is C=CC(=O)NC(Cc1ccc(O)c(O)c1)C(=O)NCCCCOC(=O)C=C. The maximum absolute atomic E-state index is 12.4. The number of carbonyl (C=O) groups is 3. The van der Waals surface area contributed by atoms with E-state index < -0.39 is 23.8 Å². The van der Waals surface area contributed by atoms with Crippen molar-refractivity contribution in [2.24, 2.45) is 0 Å². The number of rotatable bonds is 11. The fraction of sp³-hybridized carbons (Fsp3) is 0.316. The molecular formula is C19H24N2O6. The summed E-state index contributed by atoms with van der Waals surface area (Å²) in [5, 5.41) is 24.2. The van der Waals surface area contributed by atoms with Gasteiger partial charge in [-0.2, -0.15) is 0 Å². The first-order valence-electron chi connectivity index (χ1n) is 8.38. The number of ether oxygens (including phenoxy) is 1. The first-order chi connectivity index (χ1) is 12.9. The Morgan fingerprint density at radius 3 is 2.48 bits per heavy atom. The van der Waals surface area contributed by atoms with Crippen LogP contribution in [-0.2, 0) is 25.5 Å². The van der Waals surface area contributed by atoms with Crippen LogP contribution in [0.5, 0.6) is 11.5 Å². The second kappa shape index (κ2) is 11.3. The van der Waals surface area contributed by atoms with Gasteiger partial charge < -0.3 is 25.6 Å². The topological polar surface area (TPSA) is 125 Å². The van der Waals surface area contributed by atoms with Crippen LogP contribution in [0.25, 0.3) is 0 Å². The molecule has 0 spiro atoms. The molecule has 0 aliphatic rings. The molecule has 1 unspecified atom stereocenters. The highest BCUT2D eigenvalue weighted by Crippen LogP contribution is 2.25. The maximum Gasteiger partial charge on any atom is 0.330 e. The number of phenolic OH excluding ortho intramolecular Hbond substituents is 2. The molecule has 1 aromatic carbocycles. The van der Waals surface area contributed by atoms with E-state index in [4.69, 9.17) is 4.74 Å². The molecule has 1 aromatic rings. The van der Waals surface area contributed by atoms with Crippen molar-refractivity contribution >= 4 is 17.8 Å². The Balaban J connectivity index is 2.56. The molecule has 2 amide bonds. The number of nitrogens with one attached hydrogen (secondary N) is 2. The van der Waals surface area contributed by atoms with E-state index in [9.17, 15) is 24.6 Å². The molecule has 1 atom stereocenters. The Labute approximate surface area is 157 Å². The summed E-state index contributed by atoms with van der Waals surface area (Å²) in [5.41, 5.74) is 0.561. The van der Waals surface area contributed by atoms with Crippen molar-refractivity contribution in [2.45, 2.75) is 25.3 Å². The Hall–Kier alpha value is -3.29. The quantitative estimate of drug-likeness (QED) is 0.197. The highest BCUT2D eigenvalue weighted by Gasteiger charge is 2.20. The normalized spacial score (nSPS) is 11.1. The van der Waals surface area contributed by atoms with Crippen molar-refractivity contribution in [3.8, 4) is 11.5 Å². The van der Waals surface area contributed by atoms with E-state index in [-0.39, 0.29) is 24.5 Å². The third-order valence-electron chi connectivity index (χ3n) is 3.58. The van der Waals surface area contributed by atoms with Crippen LogP contribution in [0.15, 0.2) is 43.5 Å². The molecule has 8 heteroatoms. The Morgan fingerprint density at radius 1 is 1.11 bits per heavy atom. The van der Waals surface area contributed by atoms with Crippen molar-refractivity contribution in [3.05, 3.63) is 49.1 Å². The molecule has 0 saturated carbocycles. The molecule has 8 nitrogen and oxygen atoms in total. The molecule has 1 rings (SSSR count). The van der Waals surface area contributed by atoms with Crippen LogP contribution >= 0.6 is 0 Å². The van der Waals surface area contributed by atoms with E-state index in [0.29, 0.717) is 24.9 Å². The van der Waals surface area contributed by atoms with Crippen molar-refractivity contribution in [2.75, 3.05) is 13.2 Å². The van der Waals surface area contributed by atoms with Crippen LogP contribution in [0, 0.1) is 0 Å². The van der Waals surface area contributed by atoms with Crippen LogP contribution in [0.1, 0.15) is 18.4 Å². The van der Waals surface area contributed by atoms with Gasteiger partial charge in [0.25, 0.3) is 0 Å². The average Bonchev–Trinajstić information content (AvgIpc) is 2.66. The third kappa shape index (κ3) is 8.08.